The van der Waals surface area contributed by atoms with Gasteiger partial charge in [0.2, 0.25) is 10.0 Å². The van der Waals surface area contributed by atoms with Crippen LogP contribution < -0.4 is 5.32 Å². The maximum absolute atomic E-state index is 12.6. The highest BCUT2D eigenvalue weighted by Gasteiger charge is 2.38. The van der Waals surface area contributed by atoms with Gasteiger partial charge in [-0.25, -0.2) is 13.2 Å². The summed E-state index contributed by atoms with van der Waals surface area (Å²) in [6.07, 6.45) is -5.08. The van der Waals surface area contributed by atoms with E-state index in [2.05, 4.69) is 5.32 Å². The molecule has 1 aliphatic rings. The van der Waals surface area contributed by atoms with Crippen LogP contribution in [0.4, 0.5) is 13.2 Å². The van der Waals surface area contributed by atoms with Gasteiger partial charge in [0.1, 0.15) is 0 Å². The first-order valence-electron chi connectivity index (χ1n) is 7.72. The summed E-state index contributed by atoms with van der Waals surface area (Å²) in [5, 5.41) is 12.7. The van der Waals surface area contributed by atoms with Crippen molar-refractivity contribution >= 4 is 38.4 Å². The molecule has 1 fully saturated rings. The number of aliphatic carboxylic acids is 1. The number of fused-ring (bicyclic) bond motifs is 1. The van der Waals surface area contributed by atoms with Crippen molar-refractivity contribution in [2.75, 3.05) is 26.2 Å². The summed E-state index contributed by atoms with van der Waals surface area (Å²) in [5.41, 5.74) is 0. The summed E-state index contributed by atoms with van der Waals surface area (Å²) in [6.45, 7) is 2.42. The maximum Gasteiger partial charge on any atom is 0.490 e. The van der Waals surface area contributed by atoms with Gasteiger partial charge in [0.15, 0.2) is 0 Å². The Bertz CT molecular complexity index is 929. The minimum atomic E-state index is -5.08. The SMILES string of the molecule is O=C(O)C(F)(F)F.O=S(=O)(c1ccc2cc(Cl)ccc2c1)N1CCNCC1. The lowest BCUT2D eigenvalue weighted by atomic mass is 10.1. The number of carboxylic acids is 1. The Morgan fingerprint density at radius 1 is 1.07 bits per heavy atom. The molecule has 148 valence electrons. The third-order valence-corrected chi connectivity index (χ3v) is 5.86. The Morgan fingerprint density at radius 3 is 2.15 bits per heavy atom. The molecule has 1 heterocycles. The Hall–Kier alpha value is -1.88. The van der Waals surface area contributed by atoms with Crippen molar-refractivity contribution in [1.29, 1.82) is 0 Å². The average molecular weight is 425 g/mol. The fraction of sp³-hybridized carbons (Fsp3) is 0.312. The zero-order valence-corrected chi connectivity index (χ0v) is 15.4. The van der Waals surface area contributed by atoms with E-state index in [-0.39, 0.29) is 0 Å². The zero-order valence-electron chi connectivity index (χ0n) is 13.8. The smallest absolute Gasteiger partial charge is 0.475 e. The molecular formula is C16H16ClF3N2O4S. The highest BCUT2D eigenvalue weighted by atomic mass is 35.5. The molecule has 0 atom stereocenters. The second-order valence-corrected chi connectivity index (χ2v) is 7.98. The van der Waals surface area contributed by atoms with Crippen molar-refractivity contribution in [3.8, 4) is 0 Å². The summed E-state index contributed by atoms with van der Waals surface area (Å²) in [5.74, 6) is -2.76. The topological polar surface area (TPSA) is 86.7 Å². The van der Waals surface area contributed by atoms with Crippen LogP contribution in [0.5, 0.6) is 0 Å². The molecule has 0 bridgehead atoms. The molecule has 2 aromatic carbocycles. The van der Waals surface area contributed by atoms with Crippen LogP contribution in [0.1, 0.15) is 0 Å². The number of rotatable bonds is 2. The molecule has 0 spiro atoms. The maximum atomic E-state index is 12.6. The standard InChI is InChI=1S/C14H15ClN2O2S.C2HF3O2/c15-13-3-1-12-10-14(4-2-11(12)9-13)20(18,19)17-7-5-16-6-8-17;3-2(4,5)1(6)7/h1-4,9-10,16H,5-8H2;(H,6,7). The second kappa shape index (κ2) is 8.42. The van der Waals surface area contributed by atoms with E-state index in [0.717, 1.165) is 10.8 Å². The number of piperazine rings is 1. The lowest BCUT2D eigenvalue weighted by Gasteiger charge is -2.26. The van der Waals surface area contributed by atoms with Crippen LogP contribution in [0.2, 0.25) is 5.02 Å². The molecule has 6 nitrogen and oxygen atoms in total. The lowest BCUT2D eigenvalue weighted by molar-refractivity contribution is -0.192. The molecule has 1 saturated heterocycles. The first kappa shape index (κ1) is 21.4. The monoisotopic (exact) mass is 424 g/mol. The van der Waals surface area contributed by atoms with Gasteiger partial charge in [-0.2, -0.15) is 17.5 Å². The van der Waals surface area contributed by atoms with Crippen LogP contribution in [0.25, 0.3) is 10.8 Å². The number of carboxylic acid groups (broad SMARTS) is 1. The molecule has 0 aromatic heterocycles. The van der Waals surface area contributed by atoms with Crippen molar-refractivity contribution in [2.45, 2.75) is 11.1 Å². The van der Waals surface area contributed by atoms with Crippen LogP contribution in [-0.4, -0.2) is 56.2 Å². The van der Waals surface area contributed by atoms with Crippen molar-refractivity contribution in [3.63, 3.8) is 0 Å². The zero-order chi connectivity index (χ0) is 20.2. The molecule has 0 aliphatic carbocycles. The molecule has 0 radical (unpaired) electrons. The highest BCUT2D eigenvalue weighted by Crippen LogP contribution is 2.24. The predicted octanol–water partition coefficient (Wildman–Crippen LogP) is 2.72. The second-order valence-electron chi connectivity index (χ2n) is 5.61. The van der Waals surface area contributed by atoms with Crippen LogP contribution in [0, 0.1) is 0 Å². The normalized spacial score (nSPS) is 15.9. The van der Waals surface area contributed by atoms with Gasteiger partial charge in [0.25, 0.3) is 0 Å². The van der Waals surface area contributed by atoms with E-state index in [4.69, 9.17) is 21.5 Å². The van der Waals surface area contributed by atoms with Gasteiger partial charge < -0.3 is 10.4 Å². The van der Waals surface area contributed by atoms with Gasteiger partial charge >= 0.3 is 12.1 Å². The quantitative estimate of drug-likeness (QED) is 0.774. The number of hydrogen-bond donors (Lipinski definition) is 2. The predicted molar refractivity (Wildman–Crippen MR) is 94.3 cm³/mol. The van der Waals surface area contributed by atoms with Crippen LogP contribution >= 0.6 is 11.6 Å². The van der Waals surface area contributed by atoms with E-state index in [1.165, 1.54) is 4.31 Å². The molecular weight excluding hydrogens is 409 g/mol. The summed E-state index contributed by atoms with van der Waals surface area (Å²) < 4.78 is 58.4. The van der Waals surface area contributed by atoms with Gasteiger partial charge in [-0.05, 0) is 35.0 Å². The van der Waals surface area contributed by atoms with E-state index in [0.29, 0.717) is 36.1 Å². The van der Waals surface area contributed by atoms with Crippen LogP contribution in [0.3, 0.4) is 0 Å². The Kier molecular flexibility index (Phi) is 6.68. The Balaban J connectivity index is 0.000000321. The largest absolute Gasteiger partial charge is 0.490 e. The molecule has 11 heteroatoms. The first-order valence-corrected chi connectivity index (χ1v) is 9.54. The van der Waals surface area contributed by atoms with Crippen molar-refractivity contribution in [3.05, 3.63) is 41.4 Å². The number of alkyl halides is 3. The van der Waals surface area contributed by atoms with Gasteiger partial charge in [0, 0.05) is 31.2 Å². The summed E-state index contributed by atoms with van der Waals surface area (Å²) >= 11 is 5.94. The molecule has 2 N–H and O–H groups in total. The number of carbonyl (C=O) groups is 1. The van der Waals surface area contributed by atoms with E-state index >= 15 is 0 Å². The summed E-state index contributed by atoms with van der Waals surface area (Å²) in [7, 11) is -3.40. The number of halogens is 4. The molecule has 0 amide bonds. The van der Waals surface area contributed by atoms with Gasteiger partial charge in [-0.15, -0.1) is 0 Å². The Morgan fingerprint density at radius 2 is 1.59 bits per heavy atom. The number of hydrogen-bond acceptors (Lipinski definition) is 4. The van der Waals surface area contributed by atoms with Gasteiger partial charge in [-0.3, -0.25) is 0 Å². The molecule has 0 saturated carbocycles. The van der Waals surface area contributed by atoms with E-state index in [1.54, 1.807) is 24.3 Å². The van der Waals surface area contributed by atoms with E-state index in [9.17, 15) is 21.6 Å². The fourth-order valence-electron chi connectivity index (χ4n) is 2.39. The van der Waals surface area contributed by atoms with Crippen LogP contribution in [0.15, 0.2) is 41.3 Å². The number of nitrogens with one attached hydrogen (secondary N) is 1. The molecule has 2 aromatic rings. The van der Waals surface area contributed by atoms with E-state index < -0.39 is 22.2 Å². The van der Waals surface area contributed by atoms with Crippen molar-refractivity contribution in [2.24, 2.45) is 0 Å². The molecule has 27 heavy (non-hydrogen) atoms. The minimum absolute atomic E-state index is 0.342. The molecule has 1 aliphatic heterocycles. The van der Waals surface area contributed by atoms with Crippen LogP contribution in [-0.2, 0) is 14.8 Å². The average Bonchev–Trinajstić information content (AvgIpc) is 2.61. The molecule has 3 rings (SSSR count). The third kappa shape index (κ3) is 5.55. The first-order chi connectivity index (χ1) is 12.5. The Labute approximate surface area is 158 Å². The number of benzene rings is 2. The lowest BCUT2D eigenvalue weighted by Crippen LogP contribution is -2.46. The van der Waals surface area contributed by atoms with Gasteiger partial charge in [0.05, 0.1) is 4.90 Å². The highest BCUT2D eigenvalue weighted by molar-refractivity contribution is 7.89. The number of sulfonamides is 1. The minimum Gasteiger partial charge on any atom is -0.475 e. The summed E-state index contributed by atoms with van der Waals surface area (Å²) in [6, 6.07) is 10.6. The molecule has 0 unspecified atom stereocenters. The van der Waals surface area contributed by atoms with E-state index in [1.807, 2.05) is 12.1 Å². The third-order valence-electron chi connectivity index (χ3n) is 3.73. The fourth-order valence-corrected chi connectivity index (χ4v) is 4.05. The van der Waals surface area contributed by atoms with Crippen molar-refractivity contribution < 1.29 is 31.5 Å². The summed E-state index contributed by atoms with van der Waals surface area (Å²) in [4.78, 5) is 9.24. The number of nitrogens with zero attached hydrogens (tertiary/aromatic N) is 1. The van der Waals surface area contributed by atoms with Crippen molar-refractivity contribution in [1.82, 2.24) is 9.62 Å². The van der Waals surface area contributed by atoms with Gasteiger partial charge in [-0.1, -0.05) is 23.7 Å².